The van der Waals surface area contributed by atoms with Crippen LogP contribution in [-0.4, -0.2) is 59.5 Å². The van der Waals surface area contributed by atoms with Gasteiger partial charge in [-0.05, 0) is 25.7 Å². The molecule has 2 atom stereocenters. The van der Waals surface area contributed by atoms with Crippen molar-refractivity contribution in [3.8, 4) is 0 Å². The third-order valence-corrected chi connectivity index (χ3v) is 5.78. The number of ether oxygens (including phenoxy) is 2. The molecule has 0 radical (unpaired) electrons. The van der Waals surface area contributed by atoms with Crippen molar-refractivity contribution in [3.05, 3.63) is 0 Å². The van der Waals surface area contributed by atoms with E-state index in [1.807, 2.05) is 0 Å². The second-order valence-electron chi connectivity index (χ2n) is 6.07. The maximum atomic E-state index is 14.0. The summed E-state index contributed by atoms with van der Waals surface area (Å²) in [6.07, 6.45) is -17.9. The standard InChI is InChI=1S/C12H12F8O10S2/c13-9(11(15,16)17,31-30-29-23)7(21)27-5-1-3-6(4-2-5)28-8(22)10(14,12(18,19)20)32(24,25)26/h5-6,23H,1-4H2,(H,24,25,26)/p-2. The average molecular weight is 530 g/mol. The van der Waals surface area contributed by atoms with Crippen LogP contribution in [0.25, 0.3) is 0 Å². The van der Waals surface area contributed by atoms with Gasteiger partial charge < -0.3 is 19.3 Å². The van der Waals surface area contributed by atoms with Crippen molar-refractivity contribution in [2.24, 2.45) is 0 Å². The molecular formula is C12H10F8O10S2-2. The van der Waals surface area contributed by atoms with Gasteiger partial charge in [-0.15, -0.1) is 0 Å². The van der Waals surface area contributed by atoms with Crippen LogP contribution in [0.15, 0.2) is 0 Å². The fraction of sp³-hybridized carbons (Fsp3) is 0.833. The Morgan fingerprint density at radius 2 is 1.22 bits per heavy atom. The highest BCUT2D eigenvalue weighted by molar-refractivity contribution is 7.96. The summed E-state index contributed by atoms with van der Waals surface area (Å²) in [7, 11) is -6.92. The number of carbonyl (C=O) groups is 2. The van der Waals surface area contributed by atoms with E-state index in [-0.39, 0.29) is 0 Å². The first kappa shape index (κ1) is 28.6. The van der Waals surface area contributed by atoms with Gasteiger partial charge in [-0.1, -0.05) is 0 Å². The molecule has 1 aliphatic rings. The van der Waals surface area contributed by atoms with Gasteiger partial charge in [-0.2, -0.15) is 30.7 Å². The first-order valence-corrected chi connectivity index (χ1v) is 9.99. The number of esters is 2. The van der Waals surface area contributed by atoms with Crippen LogP contribution in [0.4, 0.5) is 35.1 Å². The smallest absolute Gasteiger partial charge is 0.447 e. The molecule has 1 fully saturated rings. The molecule has 32 heavy (non-hydrogen) atoms. The Kier molecular flexibility index (Phi) is 8.74. The Hall–Kier alpha value is -1.48. The summed E-state index contributed by atoms with van der Waals surface area (Å²) < 4.78 is 147. The Morgan fingerprint density at radius 3 is 1.53 bits per heavy atom. The third kappa shape index (κ3) is 5.90. The molecule has 188 valence electrons. The maximum Gasteiger partial charge on any atom is 0.447 e. The summed E-state index contributed by atoms with van der Waals surface area (Å²) in [5, 5.41) is 1.34. The van der Waals surface area contributed by atoms with Crippen LogP contribution in [0.3, 0.4) is 0 Å². The van der Waals surface area contributed by atoms with E-state index >= 15 is 0 Å². The zero-order chi connectivity index (χ0) is 25.2. The molecular weight excluding hydrogens is 520 g/mol. The quantitative estimate of drug-likeness (QED) is 0.111. The average Bonchev–Trinajstić information content (AvgIpc) is 2.63. The van der Waals surface area contributed by atoms with Gasteiger partial charge in [0.2, 0.25) is 0 Å². The van der Waals surface area contributed by atoms with Gasteiger partial charge in [-0.3, -0.25) is 5.04 Å². The summed E-state index contributed by atoms with van der Waals surface area (Å²) in [5.41, 5.74) is 0. The molecule has 0 N–H and O–H groups in total. The molecule has 0 amide bonds. The number of carbonyl (C=O) groups excluding carboxylic acids is 2. The lowest BCUT2D eigenvalue weighted by Gasteiger charge is -2.33. The third-order valence-electron chi connectivity index (χ3n) is 3.94. The molecule has 0 heterocycles. The molecule has 0 saturated heterocycles. The summed E-state index contributed by atoms with van der Waals surface area (Å²) in [6.45, 7) is 0. The van der Waals surface area contributed by atoms with Crippen molar-refractivity contribution in [2.45, 2.75) is 60.2 Å². The fourth-order valence-electron chi connectivity index (χ4n) is 2.34. The van der Waals surface area contributed by atoms with Crippen molar-refractivity contribution in [3.63, 3.8) is 0 Å². The number of alkyl halides is 8. The molecule has 0 bridgehead atoms. The Morgan fingerprint density at radius 1 is 0.812 bits per heavy atom. The lowest BCUT2D eigenvalue weighted by molar-refractivity contribution is -0.777. The van der Waals surface area contributed by atoms with Crippen LogP contribution in [0.5, 0.6) is 0 Å². The molecule has 0 spiro atoms. The Bertz CT molecular complexity index is 795. The molecule has 0 aromatic carbocycles. The lowest BCUT2D eigenvalue weighted by Crippen LogP contribution is -2.55. The fourth-order valence-corrected chi connectivity index (χ4v) is 3.21. The van der Waals surface area contributed by atoms with Crippen molar-refractivity contribution < 1.29 is 81.8 Å². The lowest BCUT2D eigenvalue weighted by atomic mass is 9.95. The normalized spacial score (nSPS) is 24.2. The van der Waals surface area contributed by atoms with Crippen molar-refractivity contribution >= 4 is 34.1 Å². The molecule has 2 unspecified atom stereocenters. The van der Waals surface area contributed by atoms with E-state index < -0.39 is 94.3 Å². The van der Waals surface area contributed by atoms with Gasteiger partial charge in [-0.25, -0.2) is 26.8 Å². The summed E-state index contributed by atoms with van der Waals surface area (Å²) >= 11 is -1.36. The van der Waals surface area contributed by atoms with E-state index in [1.54, 1.807) is 0 Å². The van der Waals surface area contributed by atoms with E-state index in [2.05, 4.69) is 18.8 Å². The van der Waals surface area contributed by atoms with Gasteiger partial charge in [0.25, 0.3) is 0 Å². The minimum atomic E-state index is -6.92. The van der Waals surface area contributed by atoms with Gasteiger partial charge in [0.1, 0.15) is 12.2 Å². The number of hydrogen-bond donors (Lipinski definition) is 0. The molecule has 20 heteroatoms. The maximum absolute atomic E-state index is 14.0. The SMILES string of the molecule is O=C(OC1CCC(OC(=O)C(F)(C(F)(F)F)S(=O)(=O)[O-])CC1)C(F)(SOO[O-])C(F)(F)F. The molecule has 10 nitrogen and oxygen atoms in total. The zero-order valence-corrected chi connectivity index (χ0v) is 16.5. The van der Waals surface area contributed by atoms with E-state index in [9.17, 15) is 62.9 Å². The predicted molar refractivity (Wildman–Crippen MR) is 77.5 cm³/mol. The highest BCUT2D eigenvalue weighted by Gasteiger charge is 2.69. The largest absolute Gasteiger partial charge is 0.745 e. The number of hydrogen-bond acceptors (Lipinski definition) is 11. The summed E-state index contributed by atoms with van der Waals surface area (Å²) in [4.78, 5) is 23.0. The van der Waals surface area contributed by atoms with Crippen LogP contribution < -0.4 is 5.26 Å². The van der Waals surface area contributed by atoms with Gasteiger partial charge in [0, 0.05) is 0 Å². The van der Waals surface area contributed by atoms with Crippen molar-refractivity contribution in [2.75, 3.05) is 0 Å². The van der Waals surface area contributed by atoms with Crippen LogP contribution in [-0.2, 0) is 38.6 Å². The van der Waals surface area contributed by atoms with Crippen LogP contribution in [0, 0.1) is 0 Å². The molecule has 0 aromatic heterocycles. The first-order valence-electron chi connectivity index (χ1n) is 7.84. The number of halogens is 8. The van der Waals surface area contributed by atoms with E-state index in [1.165, 1.54) is 0 Å². The second-order valence-corrected chi connectivity index (χ2v) is 8.41. The number of rotatable bonds is 8. The highest BCUT2D eigenvalue weighted by Crippen LogP contribution is 2.45. The first-order chi connectivity index (χ1) is 14.3. The van der Waals surface area contributed by atoms with E-state index in [0.717, 1.165) is 0 Å². The van der Waals surface area contributed by atoms with Crippen molar-refractivity contribution in [1.29, 1.82) is 0 Å². The zero-order valence-electron chi connectivity index (χ0n) is 14.9. The predicted octanol–water partition coefficient (Wildman–Crippen LogP) is 1.26. The van der Waals surface area contributed by atoms with E-state index in [4.69, 9.17) is 0 Å². The van der Waals surface area contributed by atoms with Gasteiger partial charge >= 0.3 is 34.3 Å². The molecule has 1 aliphatic carbocycles. The molecule has 1 saturated carbocycles. The Balaban J connectivity index is 2.80. The monoisotopic (exact) mass is 530 g/mol. The summed E-state index contributed by atoms with van der Waals surface area (Å²) in [6, 6.07) is 0. The highest BCUT2D eigenvalue weighted by atomic mass is 32.2. The van der Waals surface area contributed by atoms with Crippen LogP contribution >= 0.6 is 12.0 Å². The minimum Gasteiger partial charge on any atom is -0.745 e. The van der Waals surface area contributed by atoms with Gasteiger partial charge in [0.05, 0.1) is 12.0 Å². The van der Waals surface area contributed by atoms with E-state index in [0.29, 0.717) is 0 Å². The molecule has 0 aromatic rings. The topological polar surface area (TPSA) is 151 Å². The molecule has 1 rings (SSSR count). The van der Waals surface area contributed by atoms with Gasteiger partial charge in [0.15, 0.2) is 10.1 Å². The van der Waals surface area contributed by atoms with Crippen molar-refractivity contribution in [1.82, 2.24) is 0 Å². The minimum absolute atomic E-state index is 0.559. The van der Waals surface area contributed by atoms with Crippen LogP contribution in [0.1, 0.15) is 25.7 Å². The Labute approximate surface area is 176 Å². The summed E-state index contributed by atoms with van der Waals surface area (Å²) in [5.74, 6) is -5.66. The molecule has 0 aliphatic heterocycles. The van der Waals surface area contributed by atoms with Crippen LogP contribution in [0.2, 0.25) is 0 Å². The second kappa shape index (κ2) is 9.79.